The van der Waals surface area contributed by atoms with Gasteiger partial charge in [-0.25, -0.2) is 0 Å². The molecular formula is C9H17NO2S. The molecule has 1 saturated carbocycles. The Morgan fingerprint density at radius 1 is 1.62 bits per heavy atom. The molecule has 4 heteroatoms. The van der Waals surface area contributed by atoms with Crippen molar-refractivity contribution in [1.82, 2.24) is 5.32 Å². The maximum atomic E-state index is 11.2. The number of hydrogen-bond donors (Lipinski definition) is 2. The number of rotatable bonds is 5. The third-order valence-electron chi connectivity index (χ3n) is 2.10. The Morgan fingerprint density at radius 3 is 2.69 bits per heavy atom. The van der Waals surface area contributed by atoms with Gasteiger partial charge in [0.1, 0.15) is 0 Å². The van der Waals surface area contributed by atoms with Crippen molar-refractivity contribution in [3.8, 4) is 0 Å². The molecule has 0 spiro atoms. The summed E-state index contributed by atoms with van der Waals surface area (Å²) in [5.41, 5.74) is 0. The number of amides is 1. The van der Waals surface area contributed by atoms with Gasteiger partial charge in [-0.15, -0.1) is 11.8 Å². The second-order valence-corrected chi connectivity index (χ2v) is 4.96. The molecule has 0 aromatic carbocycles. The van der Waals surface area contributed by atoms with Crippen LogP contribution in [0.3, 0.4) is 0 Å². The Kier molecular flexibility index (Phi) is 4.06. The van der Waals surface area contributed by atoms with E-state index in [4.69, 9.17) is 0 Å². The maximum absolute atomic E-state index is 11.2. The Hall–Kier alpha value is -0.220. The SMILES string of the molecule is CC(O)C(C)SCC(=O)NC1CC1. The molecule has 2 N–H and O–H groups in total. The van der Waals surface area contributed by atoms with Gasteiger partial charge in [0.2, 0.25) is 5.91 Å². The van der Waals surface area contributed by atoms with Crippen LogP contribution in [0.25, 0.3) is 0 Å². The summed E-state index contributed by atoms with van der Waals surface area (Å²) in [6.07, 6.45) is 1.91. The zero-order chi connectivity index (χ0) is 9.84. The summed E-state index contributed by atoms with van der Waals surface area (Å²) >= 11 is 1.50. The molecule has 0 aromatic heterocycles. The van der Waals surface area contributed by atoms with Gasteiger partial charge in [0.25, 0.3) is 0 Å². The predicted octanol–water partition coefficient (Wildman–Crippen LogP) is 0.767. The summed E-state index contributed by atoms with van der Waals surface area (Å²) in [6, 6.07) is 0.440. The fraction of sp³-hybridized carbons (Fsp3) is 0.889. The Bertz CT molecular complexity index is 180. The summed E-state index contributed by atoms with van der Waals surface area (Å²) in [4.78, 5) is 11.2. The molecule has 1 amide bonds. The fourth-order valence-corrected chi connectivity index (χ4v) is 1.62. The number of carbonyl (C=O) groups excluding carboxylic acids is 1. The lowest BCUT2D eigenvalue weighted by Gasteiger charge is -2.13. The first-order valence-electron chi connectivity index (χ1n) is 4.68. The minimum Gasteiger partial charge on any atom is -0.392 e. The van der Waals surface area contributed by atoms with E-state index in [0.717, 1.165) is 12.8 Å². The van der Waals surface area contributed by atoms with Crippen molar-refractivity contribution in [2.24, 2.45) is 0 Å². The number of aliphatic hydroxyl groups is 1. The highest BCUT2D eigenvalue weighted by atomic mass is 32.2. The minimum atomic E-state index is -0.348. The molecule has 2 atom stereocenters. The van der Waals surface area contributed by atoms with Crippen LogP contribution in [-0.2, 0) is 4.79 Å². The van der Waals surface area contributed by atoms with Crippen LogP contribution in [0.5, 0.6) is 0 Å². The molecule has 0 radical (unpaired) electrons. The van der Waals surface area contributed by atoms with Crippen molar-refractivity contribution in [3.05, 3.63) is 0 Å². The van der Waals surface area contributed by atoms with Crippen molar-refractivity contribution in [1.29, 1.82) is 0 Å². The predicted molar refractivity (Wildman–Crippen MR) is 54.8 cm³/mol. The number of thioether (sulfide) groups is 1. The van der Waals surface area contributed by atoms with Crippen LogP contribution >= 0.6 is 11.8 Å². The van der Waals surface area contributed by atoms with E-state index in [1.807, 2.05) is 6.92 Å². The van der Waals surface area contributed by atoms with Crippen molar-refractivity contribution in [2.75, 3.05) is 5.75 Å². The molecular weight excluding hydrogens is 186 g/mol. The zero-order valence-corrected chi connectivity index (χ0v) is 8.93. The highest BCUT2D eigenvalue weighted by Crippen LogP contribution is 2.19. The lowest BCUT2D eigenvalue weighted by Crippen LogP contribution is -2.28. The number of carbonyl (C=O) groups is 1. The van der Waals surface area contributed by atoms with E-state index in [9.17, 15) is 9.90 Å². The van der Waals surface area contributed by atoms with Gasteiger partial charge >= 0.3 is 0 Å². The number of hydrogen-bond acceptors (Lipinski definition) is 3. The quantitative estimate of drug-likeness (QED) is 0.694. The van der Waals surface area contributed by atoms with Crippen LogP contribution in [0, 0.1) is 0 Å². The normalized spacial score (nSPS) is 20.8. The molecule has 1 aliphatic carbocycles. The molecule has 0 bridgehead atoms. The standard InChI is InChI=1S/C9H17NO2S/c1-6(11)7(2)13-5-9(12)10-8-3-4-8/h6-8,11H,3-5H2,1-2H3,(H,10,12). The van der Waals surface area contributed by atoms with Gasteiger partial charge in [0.05, 0.1) is 11.9 Å². The van der Waals surface area contributed by atoms with E-state index in [0.29, 0.717) is 11.8 Å². The van der Waals surface area contributed by atoms with Gasteiger partial charge in [0.15, 0.2) is 0 Å². The first kappa shape index (κ1) is 10.9. The lowest BCUT2D eigenvalue weighted by molar-refractivity contribution is -0.118. The van der Waals surface area contributed by atoms with Gasteiger partial charge in [-0.1, -0.05) is 6.92 Å². The van der Waals surface area contributed by atoms with Gasteiger partial charge in [-0.3, -0.25) is 4.79 Å². The third kappa shape index (κ3) is 4.52. The molecule has 3 nitrogen and oxygen atoms in total. The zero-order valence-electron chi connectivity index (χ0n) is 8.12. The molecule has 1 aliphatic rings. The van der Waals surface area contributed by atoms with E-state index in [2.05, 4.69) is 5.32 Å². The average Bonchev–Trinajstić information content (AvgIpc) is 2.83. The molecule has 0 aliphatic heterocycles. The topological polar surface area (TPSA) is 49.3 Å². The van der Waals surface area contributed by atoms with Crippen molar-refractivity contribution >= 4 is 17.7 Å². The average molecular weight is 203 g/mol. The van der Waals surface area contributed by atoms with Crippen LogP contribution in [0.15, 0.2) is 0 Å². The fourth-order valence-electron chi connectivity index (χ4n) is 0.843. The molecule has 1 rings (SSSR count). The highest BCUT2D eigenvalue weighted by Gasteiger charge is 2.23. The molecule has 0 heterocycles. The van der Waals surface area contributed by atoms with E-state index >= 15 is 0 Å². The molecule has 0 saturated heterocycles. The molecule has 76 valence electrons. The van der Waals surface area contributed by atoms with Gasteiger partial charge in [0, 0.05) is 11.3 Å². The largest absolute Gasteiger partial charge is 0.392 e. The summed E-state index contributed by atoms with van der Waals surface area (Å²) in [7, 11) is 0. The summed E-state index contributed by atoms with van der Waals surface area (Å²) < 4.78 is 0. The monoisotopic (exact) mass is 203 g/mol. The third-order valence-corrected chi connectivity index (χ3v) is 3.45. The van der Waals surface area contributed by atoms with Crippen LogP contribution in [0.1, 0.15) is 26.7 Å². The van der Waals surface area contributed by atoms with Crippen LogP contribution < -0.4 is 5.32 Å². The Balaban J connectivity index is 2.06. The molecule has 13 heavy (non-hydrogen) atoms. The van der Waals surface area contributed by atoms with E-state index in [1.54, 1.807) is 6.92 Å². The second-order valence-electron chi connectivity index (χ2n) is 3.60. The smallest absolute Gasteiger partial charge is 0.230 e. The van der Waals surface area contributed by atoms with Gasteiger partial charge in [-0.2, -0.15) is 0 Å². The molecule has 2 unspecified atom stereocenters. The molecule has 0 aromatic rings. The summed E-state index contributed by atoms with van der Waals surface area (Å²) in [6.45, 7) is 3.68. The first-order valence-corrected chi connectivity index (χ1v) is 5.73. The maximum Gasteiger partial charge on any atom is 0.230 e. The number of nitrogens with one attached hydrogen (secondary N) is 1. The lowest BCUT2D eigenvalue weighted by atomic mass is 10.3. The Morgan fingerprint density at radius 2 is 2.23 bits per heavy atom. The van der Waals surface area contributed by atoms with Crippen LogP contribution in [0.4, 0.5) is 0 Å². The first-order chi connectivity index (χ1) is 6.09. The van der Waals surface area contributed by atoms with E-state index in [-0.39, 0.29) is 17.3 Å². The minimum absolute atomic E-state index is 0.0972. The van der Waals surface area contributed by atoms with E-state index < -0.39 is 0 Å². The van der Waals surface area contributed by atoms with E-state index in [1.165, 1.54) is 11.8 Å². The summed E-state index contributed by atoms with van der Waals surface area (Å²) in [5, 5.41) is 12.2. The summed E-state index contributed by atoms with van der Waals surface area (Å²) in [5.74, 6) is 0.558. The van der Waals surface area contributed by atoms with Crippen molar-refractivity contribution < 1.29 is 9.90 Å². The van der Waals surface area contributed by atoms with Crippen LogP contribution in [0.2, 0.25) is 0 Å². The van der Waals surface area contributed by atoms with Crippen LogP contribution in [-0.4, -0.2) is 34.2 Å². The van der Waals surface area contributed by atoms with Gasteiger partial charge < -0.3 is 10.4 Å². The second kappa shape index (κ2) is 4.86. The van der Waals surface area contributed by atoms with Crippen molar-refractivity contribution in [3.63, 3.8) is 0 Å². The molecule has 1 fully saturated rings. The Labute approximate surface area is 83.3 Å². The number of aliphatic hydroxyl groups excluding tert-OH is 1. The van der Waals surface area contributed by atoms with Crippen molar-refractivity contribution in [2.45, 2.75) is 44.1 Å². The highest BCUT2D eigenvalue weighted by molar-refractivity contribution is 8.00. The van der Waals surface area contributed by atoms with Gasteiger partial charge in [-0.05, 0) is 19.8 Å².